The molecule has 1 rings (SSSR count). The number of amides is 1. The summed E-state index contributed by atoms with van der Waals surface area (Å²) in [5, 5.41) is 12.9. The number of carbonyl (C=O) groups is 1. The van der Waals surface area contributed by atoms with E-state index in [4.69, 9.17) is 10.9 Å². The van der Waals surface area contributed by atoms with Gasteiger partial charge in [0.2, 0.25) is 0 Å². The van der Waals surface area contributed by atoms with Gasteiger partial charge in [-0.1, -0.05) is 11.2 Å². The summed E-state index contributed by atoms with van der Waals surface area (Å²) in [7, 11) is 0. The normalized spacial score (nSPS) is 11.5. The van der Waals surface area contributed by atoms with Crippen LogP contribution in [0.1, 0.15) is 4.88 Å². The van der Waals surface area contributed by atoms with E-state index in [-0.39, 0.29) is 5.71 Å². The third kappa shape index (κ3) is 1.56. The average Bonchev–Trinajstić information content (AvgIpc) is 2.40. The lowest BCUT2D eigenvalue weighted by Gasteiger charge is -1.92. The highest BCUT2D eigenvalue weighted by Gasteiger charge is 2.10. The van der Waals surface area contributed by atoms with Crippen LogP contribution in [0, 0.1) is 0 Å². The highest BCUT2D eigenvalue weighted by Crippen LogP contribution is 2.09. The molecule has 1 amide bonds. The van der Waals surface area contributed by atoms with Gasteiger partial charge >= 0.3 is 0 Å². The molecule has 1 heterocycles. The number of hydrogen-bond acceptors (Lipinski definition) is 4. The largest absolute Gasteiger partial charge is 0.410 e. The molecule has 0 radical (unpaired) electrons. The number of carbonyl (C=O) groups excluding carboxylic acids is 1. The zero-order chi connectivity index (χ0) is 8.27. The van der Waals surface area contributed by atoms with E-state index in [9.17, 15) is 4.79 Å². The molecule has 0 atom stereocenters. The van der Waals surface area contributed by atoms with Gasteiger partial charge in [0.05, 0.1) is 4.88 Å². The van der Waals surface area contributed by atoms with Gasteiger partial charge in [0.1, 0.15) is 0 Å². The van der Waals surface area contributed by atoms with Crippen LogP contribution in [-0.2, 0) is 4.79 Å². The Morgan fingerprint density at radius 1 is 1.73 bits per heavy atom. The Hall–Kier alpha value is -1.36. The molecule has 1 aromatic rings. The molecule has 58 valence electrons. The number of nitrogens with zero attached hydrogens (tertiary/aromatic N) is 1. The number of nitrogens with two attached hydrogens (primary N) is 1. The zero-order valence-electron chi connectivity index (χ0n) is 5.52. The first kappa shape index (κ1) is 7.74. The van der Waals surface area contributed by atoms with E-state index in [0.29, 0.717) is 4.88 Å². The van der Waals surface area contributed by atoms with Crippen LogP contribution in [0.5, 0.6) is 0 Å². The summed E-state index contributed by atoms with van der Waals surface area (Å²) in [4.78, 5) is 11.1. The molecule has 4 nitrogen and oxygen atoms in total. The van der Waals surface area contributed by atoms with Gasteiger partial charge in [-0.15, -0.1) is 11.3 Å². The summed E-state index contributed by atoms with van der Waals surface area (Å²) in [6.07, 6.45) is 0. The van der Waals surface area contributed by atoms with Crippen LogP contribution >= 0.6 is 11.3 Å². The quantitative estimate of drug-likeness (QED) is 0.383. The van der Waals surface area contributed by atoms with Crippen LogP contribution in [0.3, 0.4) is 0 Å². The predicted octanol–water partition coefficient (Wildman–Crippen LogP) is 0.412. The molecule has 0 aliphatic carbocycles. The van der Waals surface area contributed by atoms with Gasteiger partial charge in [-0.3, -0.25) is 4.79 Å². The maximum Gasteiger partial charge on any atom is 0.272 e. The molecule has 0 aromatic carbocycles. The molecule has 0 unspecified atom stereocenters. The van der Waals surface area contributed by atoms with Crippen LogP contribution in [0.2, 0.25) is 0 Å². The molecule has 0 spiro atoms. The Kier molecular flexibility index (Phi) is 2.22. The van der Waals surface area contributed by atoms with Gasteiger partial charge in [0.25, 0.3) is 5.91 Å². The first-order chi connectivity index (χ1) is 5.25. The predicted molar refractivity (Wildman–Crippen MR) is 41.8 cm³/mol. The maximum absolute atomic E-state index is 10.6. The van der Waals surface area contributed by atoms with Crippen molar-refractivity contribution in [2.75, 3.05) is 0 Å². The van der Waals surface area contributed by atoms with E-state index in [2.05, 4.69) is 5.16 Å². The lowest BCUT2D eigenvalue weighted by atomic mass is 10.3. The first-order valence-electron chi connectivity index (χ1n) is 2.81. The van der Waals surface area contributed by atoms with Gasteiger partial charge in [0, 0.05) is 0 Å². The molecule has 0 saturated heterocycles. The van der Waals surface area contributed by atoms with Crippen LogP contribution < -0.4 is 5.73 Å². The summed E-state index contributed by atoms with van der Waals surface area (Å²) in [6.45, 7) is 0. The van der Waals surface area contributed by atoms with E-state index in [0.717, 1.165) is 0 Å². The van der Waals surface area contributed by atoms with E-state index < -0.39 is 5.91 Å². The topological polar surface area (TPSA) is 75.7 Å². The van der Waals surface area contributed by atoms with Gasteiger partial charge < -0.3 is 10.9 Å². The zero-order valence-corrected chi connectivity index (χ0v) is 6.34. The van der Waals surface area contributed by atoms with Gasteiger partial charge in [-0.25, -0.2) is 0 Å². The second kappa shape index (κ2) is 3.16. The molecule has 5 heteroatoms. The number of thiophene rings is 1. The maximum atomic E-state index is 10.6. The summed E-state index contributed by atoms with van der Waals surface area (Å²) in [5.74, 6) is -0.727. The van der Waals surface area contributed by atoms with Crippen molar-refractivity contribution in [2.24, 2.45) is 10.9 Å². The monoisotopic (exact) mass is 170 g/mol. The Morgan fingerprint density at radius 2 is 2.45 bits per heavy atom. The van der Waals surface area contributed by atoms with E-state index in [1.165, 1.54) is 11.3 Å². The Labute approximate surface area is 66.9 Å². The smallest absolute Gasteiger partial charge is 0.272 e. The highest BCUT2D eigenvalue weighted by molar-refractivity contribution is 7.13. The van der Waals surface area contributed by atoms with Crippen molar-refractivity contribution in [1.29, 1.82) is 0 Å². The molecule has 0 aliphatic rings. The van der Waals surface area contributed by atoms with Crippen molar-refractivity contribution in [1.82, 2.24) is 0 Å². The summed E-state index contributed by atoms with van der Waals surface area (Å²) in [5.41, 5.74) is 4.82. The average molecular weight is 170 g/mol. The highest BCUT2D eigenvalue weighted by atomic mass is 32.1. The number of rotatable bonds is 2. The van der Waals surface area contributed by atoms with Crippen LogP contribution in [0.25, 0.3) is 0 Å². The van der Waals surface area contributed by atoms with Crippen molar-refractivity contribution in [3.63, 3.8) is 0 Å². The minimum Gasteiger partial charge on any atom is -0.410 e. The SMILES string of the molecule is NC(=O)C(=NO)c1cccs1. The second-order valence-electron chi connectivity index (χ2n) is 1.79. The Morgan fingerprint density at radius 3 is 2.82 bits per heavy atom. The number of primary amides is 1. The van der Waals surface area contributed by atoms with E-state index in [1.54, 1.807) is 17.5 Å². The first-order valence-corrected chi connectivity index (χ1v) is 3.69. The number of oxime groups is 1. The molecule has 0 saturated carbocycles. The number of hydrogen-bond donors (Lipinski definition) is 2. The van der Waals surface area contributed by atoms with Crippen molar-refractivity contribution in [2.45, 2.75) is 0 Å². The van der Waals surface area contributed by atoms with E-state index in [1.807, 2.05) is 0 Å². The Balaban J connectivity index is 2.99. The standard InChI is InChI=1S/C6H6N2O2S/c7-6(9)5(8-10)4-2-1-3-11-4/h1-3,10H,(H2,7,9). The fourth-order valence-electron chi connectivity index (χ4n) is 0.633. The van der Waals surface area contributed by atoms with Crippen molar-refractivity contribution in [3.05, 3.63) is 22.4 Å². The molecule has 3 N–H and O–H groups in total. The van der Waals surface area contributed by atoms with Crippen LogP contribution in [0.15, 0.2) is 22.7 Å². The third-order valence-corrected chi connectivity index (χ3v) is 1.96. The summed E-state index contributed by atoms with van der Waals surface area (Å²) >= 11 is 1.29. The molecule has 0 bridgehead atoms. The Bertz CT molecular complexity index is 279. The minimum absolute atomic E-state index is 0.0972. The molecule has 1 aromatic heterocycles. The van der Waals surface area contributed by atoms with Gasteiger partial charge in [0.15, 0.2) is 5.71 Å². The summed E-state index contributed by atoms with van der Waals surface area (Å²) in [6, 6.07) is 3.40. The lowest BCUT2D eigenvalue weighted by Crippen LogP contribution is -2.23. The molecule has 0 fully saturated rings. The molecule has 0 aliphatic heterocycles. The lowest BCUT2D eigenvalue weighted by molar-refractivity contribution is -0.112. The van der Waals surface area contributed by atoms with Crippen molar-refractivity contribution < 1.29 is 10.0 Å². The van der Waals surface area contributed by atoms with Crippen molar-refractivity contribution in [3.8, 4) is 0 Å². The molecular formula is C6H6N2O2S. The van der Waals surface area contributed by atoms with Gasteiger partial charge in [-0.2, -0.15) is 0 Å². The van der Waals surface area contributed by atoms with E-state index >= 15 is 0 Å². The summed E-state index contributed by atoms with van der Waals surface area (Å²) < 4.78 is 0. The van der Waals surface area contributed by atoms with Gasteiger partial charge in [-0.05, 0) is 11.4 Å². The fraction of sp³-hybridized carbons (Fsp3) is 0. The molecular weight excluding hydrogens is 164 g/mol. The van der Waals surface area contributed by atoms with Crippen LogP contribution in [0.4, 0.5) is 0 Å². The third-order valence-electron chi connectivity index (χ3n) is 1.09. The van der Waals surface area contributed by atoms with Crippen LogP contribution in [-0.4, -0.2) is 16.8 Å². The minimum atomic E-state index is -0.727. The van der Waals surface area contributed by atoms with Crippen molar-refractivity contribution >= 4 is 23.0 Å². The molecule has 11 heavy (non-hydrogen) atoms. The fourth-order valence-corrected chi connectivity index (χ4v) is 1.35. The second-order valence-corrected chi connectivity index (χ2v) is 2.74.